The van der Waals surface area contributed by atoms with Crippen LogP contribution in [0.15, 0.2) is 0 Å². The van der Waals surface area contributed by atoms with Crippen molar-refractivity contribution in [2.24, 2.45) is 11.3 Å². The fraction of sp³-hybridized carbons (Fsp3) is 0.868. The fourth-order valence-corrected chi connectivity index (χ4v) is 8.32. The molecule has 4 fully saturated rings. The lowest BCUT2D eigenvalue weighted by molar-refractivity contribution is -0.164. The largest absolute Gasteiger partial charge is 0.458 e. The van der Waals surface area contributed by atoms with Gasteiger partial charge in [-0.05, 0) is 104 Å². The number of likely N-dealkylation sites (N-methyl/N-ethyl adjacent to an activating group) is 2. The highest BCUT2D eigenvalue weighted by Crippen LogP contribution is 2.31. The highest BCUT2D eigenvalue weighted by molar-refractivity contribution is 5.93. The molecule has 1 unspecified atom stereocenters. The van der Waals surface area contributed by atoms with Crippen molar-refractivity contribution >= 4 is 29.6 Å². The molecule has 12 heteroatoms. The van der Waals surface area contributed by atoms with E-state index in [0.29, 0.717) is 38.9 Å². The summed E-state index contributed by atoms with van der Waals surface area (Å²) in [5.41, 5.74) is -1.15. The molecule has 284 valence electrons. The number of nitrogens with zero attached hydrogens (tertiary/aromatic N) is 5. The second kappa shape index (κ2) is 16.3. The Morgan fingerprint density at radius 1 is 0.740 bits per heavy atom. The SMILES string of the molecule is CC(C)[C@@H](CN1CCC[C@H]1C(=O)N1CCCC1C(=O)N1CCC[C@H]1C(=O)OC(C)(C)C)N(C)C(=O)[C@@H](NC(=O)[C@H]1CCCCN1C)C(C)(C)C. The van der Waals surface area contributed by atoms with E-state index in [0.717, 1.165) is 51.6 Å². The van der Waals surface area contributed by atoms with Gasteiger partial charge in [0.1, 0.15) is 23.7 Å². The fourth-order valence-electron chi connectivity index (χ4n) is 8.32. The third kappa shape index (κ3) is 9.38. The molecular weight excluding hydrogens is 636 g/mol. The zero-order valence-corrected chi connectivity index (χ0v) is 32.6. The molecule has 4 heterocycles. The molecule has 12 nitrogen and oxygen atoms in total. The molecular formula is C38H66N6O6. The molecule has 0 bridgehead atoms. The minimum Gasteiger partial charge on any atom is -0.458 e. The van der Waals surface area contributed by atoms with Gasteiger partial charge in [0.25, 0.3) is 0 Å². The standard InChI is InChI=1S/C38H66N6O6/c1-25(2)30(41(10)35(48)31(37(3,4)5)39-32(45)26-16-11-12-20-40(26)9)24-42-21-13-17-27(42)33(46)43-22-14-18-28(43)34(47)44-23-15-19-29(44)36(49)50-38(6,7)8/h25-31H,11-24H2,1-10H3,(H,39,45)/t26-,27+,28?,29+,30-,31-/m1/s1. The van der Waals surface area contributed by atoms with Gasteiger partial charge in [0.15, 0.2) is 0 Å². The molecule has 4 amide bonds. The minimum absolute atomic E-state index is 0.0423. The molecule has 0 aliphatic carbocycles. The Kier molecular flexibility index (Phi) is 13.1. The zero-order chi connectivity index (χ0) is 37.1. The lowest BCUT2D eigenvalue weighted by Gasteiger charge is -2.41. The van der Waals surface area contributed by atoms with Gasteiger partial charge in [-0.15, -0.1) is 0 Å². The van der Waals surface area contributed by atoms with Gasteiger partial charge in [-0.1, -0.05) is 41.0 Å². The Morgan fingerprint density at radius 3 is 1.86 bits per heavy atom. The molecule has 4 saturated heterocycles. The second-order valence-corrected chi connectivity index (χ2v) is 17.6. The van der Waals surface area contributed by atoms with Gasteiger partial charge >= 0.3 is 5.97 Å². The molecule has 4 aliphatic heterocycles. The van der Waals surface area contributed by atoms with Crippen LogP contribution in [0.25, 0.3) is 0 Å². The molecule has 1 N–H and O–H groups in total. The maximum absolute atomic E-state index is 14.3. The van der Waals surface area contributed by atoms with Crippen LogP contribution in [0, 0.1) is 11.3 Å². The average Bonchev–Trinajstić information content (AvgIpc) is 3.81. The van der Waals surface area contributed by atoms with Crippen LogP contribution in [0.5, 0.6) is 0 Å². The Hall–Kier alpha value is -2.73. The first-order chi connectivity index (χ1) is 23.3. The van der Waals surface area contributed by atoms with Crippen LogP contribution in [-0.4, -0.2) is 143 Å². The molecule has 0 aromatic carbocycles. The van der Waals surface area contributed by atoms with Crippen LogP contribution in [0.1, 0.15) is 113 Å². The van der Waals surface area contributed by atoms with E-state index in [4.69, 9.17) is 4.74 Å². The predicted molar refractivity (Wildman–Crippen MR) is 193 cm³/mol. The first-order valence-corrected chi connectivity index (χ1v) is 19.2. The van der Waals surface area contributed by atoms with Crippen LogP contribution < -0.4 is 5.32 Å². The Morgan fingerprint density at radius 2 is 1.28 bits per heavy atom. The summed E-state index contributed by atoms with van der Waals surface area (Å²) in [5.74, 6) is -0.703. The van der Waals surface area contributed by atoms with Gasteiger partial charge in [0.2, 0.25) is 23.6 Å². The topological polar surface area (TPSA) is 123 Å². The number of ether oxygens (including phenoxy) is 1. The zero-order valence-electron chi connectivity index (χ0n) is 32.6. The van der Waals surface area contributed by atoms with E-state index in [-0.39, 0.29) is 53.6 Å². The Balaban J connectivity index is 1.45. The van der Waals surface area contributed by atoms with Crippen molar-refractivity contribution < 1.29 is 28.7 Å². The van der Waals surface area contributed by atoms with Crippen LogP contribution in [0.2, 0.25) is 0 Å². The van der Waals surface area contributed by atoms with E-state index >= 15 is 0 Å². The lowest BCUT2D eigenvalue weighted by Crippen LogP contribution is -2.61. The van der Waals surface area contributed by atoms with Crippen molar-refractivity contribution in [1.82, 2.24) is 29.8 Å². The van der Waals surface area contributed by atoms with Gasteiger partial charge in [-0.3, -0.25) is 29.0 Å². The van der Waals surface area contributed by atoms with Crippen LogP contribution in [0.4, 0.5) is 0 Å². The van der Waals surface area contributed by atoms with Crippen molar-refractivity contribution in [3.63, 3.8) is 0 Å². The molecule has 0 aromatic rings. The third-order valence-electron chi connectivity index (χ3n) is 11.2. The van der Waals surface area contributed by atoms with Gasteiger partial charge in [0, 0.05) is 32.7 Å². The summed E-state index contributed by atoms with van der Waals surface area (Å²) in [5, 5.41) is 3.14. The van der Waals surface area contributed by atoms with Crippen LogP contribution >= 0.6 is 0 Å². The molecule has 0 saturated carbocycles. The van der Waals surface area contributed by atoms with Crippen molar-refractivity contribution in [3.05, 3.63) is 0 Å². The van der Waals surface area contributed by atoms with E-state index < -0.39 is 29.1 Å². The first-order valence-electron chi connectivity index (χ1n) is 19.2. The van der Waals surface area contributed by atoms with E-state index in [9.17, 15) is 24.0 Å². The summed E-state index contributed by atoms with van der Waals surface area (Å²) >= 11 is 0. The number of carbonyl (C=O) groups is 5. The number of piperidine rings is 1. The number of likely N-dealkylation sites (tertiary alicyclic amines) is 4. The maximum Gasteiger partial charge on any atom is 0.329 e. The second-order valence-electron chi connectivity index (χ2n) is 17.6. The van der Waals surface area contributed by atoms with Gasteiger partial charge < -0.3 is 24.8 Å². The number of esters is 1. The number of carbonyl (C=O) groups excluding carboxylic acids is 5. The van der Waals surface area contributed by atoms with Crippen molar-refractivity contribution in [3.8, 4) is 0 Å². The molecule has 50 heavy (non-hydrogen) atoms. The van der Waals surface area contributed by atoms with E-state index in [2.05, 4.69) is 29.0 Å². The molecule has 0 spiro atoms. The summed E-state index contributed by atoms with van der Waals surface area (Å²) < 4.78 is 5.64. The minimum atomic E-state index is -0.695. The van der Waals surface area contributed by atoms with Crippen LogP contribution in [-0.2, 0) is 28.7 Å². The van der Waals surface area contributed by atoms with E-state index in [1.165, 1.54) is 0 Å². The summed E-state index contributed by atoms with van der Waals surface area (Å²) in [6.45, 7) is 18.7. The quantitative estimate of drug-likeness (QED) is 0.345. The highest BCUT2D eigenvalue weighted by atomic mass is 16.6. The molecule has 4 aliphatic rings. The number of amides is 4. The highest BCUT2D eigenvalue weighted by Gasteiger charge is 2.46. The summed E-state index contributed by atoms with van der Waals surface area (Å²) in [6, 6.07) is -2.71. The monoisotopic (exact) mass is 703 g/mol. The molecule has 0 radical (unpaired) electrons. The van der Waals surface area contributed by atoms with E-state index in [1.807, 2.05) is 55.6 Å². The molecule has 4 rings (SSSR count). The predicted octanol–water partition coefficient (Wildman–Crippen LogP) is 3.27. The normalized spacial score (nSPS) is 26.6. The number of hydrogen-bond acceptors (Lipinski definition) is 8. The summed E-state index contributed by atoms with van der Waals surface area (Å²) in [7, 11) is 3.79. The summed E-state index contributed by atoms with van der Waals surface area (Å²) in [4.78, 5) is 78.4. The van der Waals surface area contributed by atoms with Crippen LogP contribution in [0.3, 0.4) is 0 Å². The number of nitrogens with one attached hydrogen (secondary N) is 1. The number of rotatable bonds is 10. The van der Waals surface area contributed by atoms with Gasteiger partial charge in [0.05, 0.1) is 12.1 Å². The smallest absolute Gasteiger partial charge is 0.329 e. The van der Waals surface area contributed by atoms with E-state index in [1.54, 1.807) is 14.7 Å². The lowest BCUT2D eigenvalue weighted by atomic mass is 9.84. The van der Waals surface area contributed by atoms with Crippen molar-refractivity contribution in [2.45, 2.75) is 155 Å². The first kappa shape index (κ1) is 40.0. The summed E-state index contributed by atoms with van der Waals surface area (Å²) in [6.07, 6.45) is 7.02. The Bertz CT molecular complexity index is 1240. The van der Waals surface area contributed by atoms with Gasteiger partial charge in [-0.2, -0.15) is 0 Å². The van der Waals surface area contributed by atoms with Gasteiger partial charge in [-0.25, -0.2) is 4.79 Å². The maximum atomic E-state index is 14.3. The molecule has 6 atom stereocenters. The third-order valence-corrected chi connectivity index (χ3v) is 11.2. The molecule has 0 aromatic heterocycles. The average molecular weight is 703 g/mol. The number of hydrogen-bond donors (Lipinski definition) is 1. The Labute approximate surface area is 300 Å². The van der Waals surface area contributed by atoms with Crippen molar-refractivity contribution in [1.29, 1.82) is 0 Å². The van der Waals surface area contributed by atoms with Crippen molar-refractivity contribution in [2.75, 3.05) is 46.8 Å².